The van der Waals surface area contributed by atoms with Gasteiger partial charge in [0.15, 0.2) is 0 Å². The van der Waals surface area contributed by atoms with Gasteiger partial charge in [-0.1, -0.05) is 50.7 Å². The van der Waals surface area contributed by atoms with Crippen molar-refractivity contribution in [3.63, 3.8) is 0 Å². The van der Waals surface area contributed by atoms with Crippen molar-refractivity contribution in [1.82, 2.24) is 0 Å². The van der Waals surface area contributed by atoms with E-state index in [1.54, 1.807) is 0 Å². The molecule has 1 aromatic rings. The van der Waals surface area contributed by atoms with Crippen LogP contribution >= 0.6 is 0 Å². The van der Waals surface area contributed by atoms with Crippen LogP contribution in [0, 0.1) is 0 Å². The Morgan fingerprint density at radius 3 is 1.95 bits per heavy atom. The number of phenols is 1. The van der Waals surface area contributed by atoms with Crippen molar-refractivity contribution in [2.24, 2.45) is 0 Å². The predicted octanol–water partition coefficient (Wildman–Crippen LogP) is 5.49. The van der Waals surface area contributed by atoms with E-state index in [0.29, 0.717) is 11.7 Å². The molecule has 2 fully saturated rings. The molecule has 0 aromatic heterocycles. The highest BCUT2D eigenvalue weighted by atomic mass is 16.3. The van der Waals surface area contributed by atoms with E-state index in [0.717, 1.165) is 5.92 Å². The van der Waals surface area contributed by atoms with Gasteiger partial charge in [0.25, 0.3) is 0 Å². The smallest absolute Gasteiger partial charge is 0.119 e. The van der Waals surface area contributed by atoms with E-state index in [2.05, 4.69) is 12.1 Å². The zero-order valence-electron chi connectivity index (χ0n) is 11.9. The maximum atomic E-state index is 10.2. The Bertz CT molecular complexity index is 412. The van der Waals surface area contributed by atoms with Gasteiger partial charge in [-0.05, 0) is 54.7 Å². The molecule has 0 spiro atoms. The van der Waals surface area contributed by atoms with Gasteiger partial charge in [-0.3, -0.25) is 0 Å². The third kappa shape index (κ3) is 2.96. The monoisotopic (exact) mass is 258 g/mol. The Balaban J connectivity index is 1.82. The molecule has 0 radical (unpaired) electrons. The first-order chi connectivity index (χ1) is 9.34. The van der Waals surface area contributed by atoms with Gasteiger partial charge < -0.3 is 5.11 Å². The van der Waals surface area contributed by atoms with Crippen LogP contribution in [0.15, 0.2) is 18.2 Å². The molecular formula is C18H26O. The van der Waals surface area contributed by atoms with Crippen molar-refractivity contribution in [2.75, 3.05) is 0 Å². The minimum Gasteiger partial charge on any atom is -0.508 e. The Kier molecular flexibility index (Phi) is 4.10. The minimum atomic E-state index is 0.534. The average molecular weight is 258 g/mol. The lowest BCUT2D eigenvalue weighted by Gasteiger charge is -2.26. The van der Waals surface area contributed by atoms with Crippen LogP contribution in [-0.4, -0.2) is 5.11 Å². The second-order valence-corrected chi connectivity index (χ2v) is 6.49. The molecule has 0 bridgehead atoms. The summed E-state index contributed by atoms with van der Waals surface area (Å²) in [7, 11) is 0. The summed E-state index contributed by atoms with van der Waals surface area (Å²) in [6.07, 6.45) is 13.4. The quantitative estimate of drug-likeness (QED) is 0.744. The highest BCUT2D eigenvalue weighted by Crippen LogP contribution is 2.40. The van der Waals surface area contributed by atoms with Gasteiger partial charge in [-0.15, -0.1) is 0 Å². The lowest BCUT2D eigenvalue weighted by atomic mass is 9.79. The highest BCUT2D eigenvalue weighted by Gasteiger charge is 2.21. The molecule has 0 unspecified atom stereocenters. The molecule has 0 amide bonds. The lowest BCUT2D eigenvalue weighted by Crippen LogP contribution is -2.08. The molecule has 19 heavy (non-hydrogen) atoms. The molecule has 1 heteroatoms. The van der Waals surface area contributed by atoms with Crippen LogP contribution in [0.5, 0.6) is 5.75 Å². The van der Waals surface area contributed by atoms with Crippen LogP contribution in [0.2, 0.25) is 0 Å². The molecule has 0 atom stereocenters. The van der Waals surface area contributed by atoms with Gasteiger partial charge in [-0.2, -0.15) is 0 Å². The molecule has 2 aliphatic carbocycles. The number of rotatable bonds is 2. The molecule has 1 N–H and O–H groups in total. The van der Waals surface area contributed by atoms with Gasteiger partial charge in [0.2, 0.25) is 0 Å². The molecule has 0 saturated heterocycles. The Labute approximate surface area is 117 Å². The summed E-state index contributed by atoms with van der Waals surface area (Å²) in [5, 5.41) is 10.2. The highest BCUT2D eigenvalue weighted by molar-refractivity contribution is 5.40. The predicted molar refractivity (Wildman–Crippen MR) is 79.8 cm³/mol. The van der Waals surface area contributed by atoms with Crippen LogP contribution in [0.3, 0.4) is 0 Å². The first kappa shape index (κ1) is 13.0. The fourth-order valence-electron chi connectivity index (χ4n) is 4.00. The van der Waals surface area contributed by atoms with Gasteiger partial charge in [0.05, 0.1) is 0 Å². The Morgan fingerprint density at radius 1 is 0.737 bits per heavy atom. The molecule has 0 heterocycles. The summed E-state index contributed by atoms with van der Waals surface area (Å²) >= 11 is 0. The normalized spacial score (nSPS) is 22.5. The van der Waals surface area contributed by atoms with E-state index in [-0.39, 0.29) is 0 Å². The number of phenolic OH excluding ortho intramolecular Hbond substituents is 1. The summed E-state index contributed by atoms with van der Waals surface area (Å²) in [5.41, 5.74) is 2.72. The SMILES string of the molecule is Oc1ccc(C2CCCCC2)cc1C1CCCCC1. The molecular weight excluding hydrogens is 232 g/mol. The number of benzene rings is 1. The Morgan fingerprint density at radius 2 is 1.32 bits per heavy atom. The first-order valence-corrected chi connectivity index (χ1v) is 8.17. The molecule has 1 aromatic carbocycles. The van der Waals surface area contributed by atoms with Gasteiger partial charge >= 0.3 is 0 Å². The standard InChI is InChI=1S/C18H26O/c19-18-12-11-16(14-7-3-1-4-8-14)13-17(18)15-9-5-2-6-10-15/h11-15,19H,1-10H2. The van der Waals surface area contributed by atoms with Crippen LogP contribution < -0.4 is 0 Å². The van der Waals surface area contributed by atoms with E-state index >= 15 is 0 Å². The summed E-state index contributed by atoms with van der Waals surface area (Å²) in [5.74, 6) is 1.89. The molecule has 3 rings (SSSR count). The molecule has 2 saturated carbocycles. The van der Waals surface area contributed by atoms with E-state index in [1.807, 2.05) is 6.07 Å². The second kappa shape index (κ2) is 5.98. The van der Waals surface area contributed by atoms with Gasteiger partial charge in [0, 0.05) is 0 Å². The van der Waals surface area contributed by atoms with Crippen molar-refractivity contribution in [3.8, 4) is 5.75 Å². The maximum Gasteiger partial charge on any atom is 0.119 e. The summed E-state index contributed by atoms with van der Waals surface area (Å²) in [6, 6.07) is 6.45. The van der Waals surface area contributed by atoms with Gasteiger partial charge in [0.1, 0.15) is 5.75 Å². The van der Waals surface area contributed by atoms with Crippen LogP contribution in [0.4, 0.5) is 0 Å². The number of hydrogen-bond acceptors (Lipinski definition) is 1. The van der Waals surface area contributed by atoms with E-state index in [9.17, 15) is 5.11 Å². The summed E-state index contributed by atoms with van der Waals surface area (Å²) in [6.45, 7) is 0. The summed E-state index contributed by atoms with van der Waals surface area (Å²) < 4.78 is 0. The van der Waals surface area contributed by atoms with Crippen molar-refractivity contribution in [1.29, 1.82) is 0 Å². The fourth-order valence-corrected chi connectivity index (χ4v) is 4.00. The molecule has 1 nitrogen and oxygen atoms in total. The maximum absolute atomic E-state index is 10.2. The zero-order chi connectivity index (χ0) is 13.1. The van der Waals surface area contributed by atoms with E-state index in [1.165, 1.54) is 75.3 Å². The third-order valence-corrected chi connectivity index (χ3v) is 5.17. The minimum absolute atomic E-state index is 0.534. The average Bonchev–Trinajstić information content (AvgIpc) is 2.49. The van der Waals surface area contributed by atoms with Crippen LogP contribution in [0.1, 0.15) is 87.2 Å². The van der Waals surface area contributed by atoms with Crippen molar-refractivity contribution >= 4 is 0 Å². The van der Waals surface area contributed by atoms with Crippen molar-refractivity contribution < 1.29 is 5.11 Å². The number of hydrogen-bond donors (Lipinski definition) is 1. The zero-order valence-corrected chi connectivity index (χ0v) is 11.9. The van der Waals surface area contributed by atoms with Crippen LogP contribution in [-0.2, 0) is 0 Å². The lowest BCUT2D eigenvalue weighted by molar-refractivity contribution is 0.411. The topological polar surface area (TPSA) is 20.2 Å². The van der Waals surface area contributed by atoms with E-state index in [4.69, 9.17) is 0 Å². The second-order valence-electron chi connectivity index (χ2n) is 6.49. The number of aromatic hydroxyl groups is 1. The molecule has 2 aliphatic rings. The molecule has 0 aliphatic heterocycles. The van der Waals surface area contributed by atoms with Crippen molar-refractivity contribution in [3.05, 3.63) is 29.3 Å². The van der Waals surface area contributed by atoms with Crippen LogP contribution in [0.25, 0.3) is 0 Å². The first-order valence-electron chi connectivity index (χ1n) is 8.17. The van der Waals surface area contributed by atoms with E-state index < -0.39 is 0 Å². The van der Waals surface area contributed by atoms with Crippen molar-refractivity contribution in [2.45, 2.75) is 76.0 Å². The molecule has 104 valence electrons. The largest absolute Gasteiger partial charge is 0.508 e. The Hall–Kier alpha value is -0.980. The van der Waals surface area contributed by atoms with Gasteiger partial charge in [-0.25, -0.2) is 0 Å². The fraction of sp³-hybridized carbons (Fsp3) is 0.667. The summed E-state index contributed by atoms with van der Waals surface area (Å²) in [4.78, 5) is 0. The third-order valence-electron chi connectivity index (χ3n) is 5.17.